The van der Waals surface area contributed by atoms with Gasteiger partial charge >= 0.3 is 0 Å². The average molecular weight is 295 g/mol. The van der Waals surface area contributed by atoms with Crippen LogP contribution >= 0.6 is 11.3 Å². The molecule has 1 aromatic heterocycles. The monoisotopic (exact) mass is 295 g/mol. The van der Waals surface area contributed by atoms with E-state index in [0.717, 1.165) is 6.42 Å². The highest BCUT2D eigenvalue weighted by molar-refractivity contribution is 7.13. The first-order valence-electron chi connectivity index (χ1n) is 7.04. The van der Waals surface area contributed by atoms with Gasteiger partial charge in [0.1, 0.15) is 0 Å². The molecule has 0 atom stereocenters. The summed E-state index contributed by atoms with van der Waals surface area (Å²) in [7, 11) is 0. The number of thiophene rings is 1. The second-order valence-corrected chi connectivity index (χ2v) is 6.01. The van der Waals surface area contributed by atoms with Gasteiger partial charge in [0.25, 0.3) is 0 Å². The maximum Gasteiger partial charge on any atom is 0.216 e. The lowest BCUT2D eigenvalue weighted by molar-refractivity contribution is -0.118. The fourth-order valence-electron chi connectivity index (χ4n) is 2.52. The zero-order valence-electron chi connectivity index (χ0n) is 11.9. The average Bonchev–Trinajstić information content (AvgIpc) is 3.01. The van der Waals surface area contributed by atoms with Crippen molar-refractivity contribution in [3.8, 4) is 10.4 Å². The molecule has 0 saturated carbocycles. The van der Waals surface area contributed by atoms with Crippen molar-refractivity contribution in [2.45, 2.75) is 13.3 Å². The molecule has 0 saturated heterocycles. The summed E-state index contributed by atoms with van der Waals surface area (Å²) in [6.45, 7) is 2.23. The van der Waals surface area contributed by atoms with Crippen molar-refractivity contribution in [3.05, 3.63) is 59.5 Å². The number of carbonyl (C=O) groups excluding carboxylic acids is 1. The van der Waals surface area contributed by atoms with E-state index in [-0.39, 0.29) is 5.91 Å². The van der Waals surface area contributed by atoms with Gasteiger partial charge in [-0.25, -0.2) is 0 Å². The zero-order valence-corrected chi connectivity index (χ0v) is 12.7. The molecule has 2 aromatic carbocycles. The number of rotatable bonds is 4. The van der Waals surface area contributed by atoms with Crippen LogP contribution in [-0.2, 0) is 11.2 Å². The van der Waals surface area contributed by atoms with E-state index in [0.29, 0.717) is 6.54 Å². The van der Waals surface area contributed by atoms with Gasteiger partial charge in [0.15, 0.2) is 0 Å². The van der Waals surface area contributed by atoms with E-state index < -0.39 is 0 Å². The standard InChI is InChI=1S/C18H17NOS/c1-13(20)19-10-9-15-5-2-4-14-7-8-16(12-17(14)15)18-6-3-11-21-18/h2-8,11-12H,9-10H2,1H3,(H,19,20). The third-order valence-corrected chi connectivity index (χ3v) is 4.47. The van der Waals surface area contributed by atoms with Crippen LogP contribution < -0.4 is 5.32 Å². The summed E-state index contributed by atoms with van der Waals surface area (Å²) in [5, 5.41) is 7.48. The molecule has 1 amide bonds. The van der Waals surface area contributed by atoms with Crippen LogP contribution in [0.2, 0.25) is 0 Å². The Morgan fingerprint density at radius 2 is 2.05 bits per heavy atom. The molecule has 0 bridgehead atoms. The van der Waals surface area contributed by atoms with Crippen LogP contribution in [0.5, 0.6) is 0 Å². The number of hydrogen-bond donors (Lipinski definition) is 1. The third-order valence-electron chi connectivity index (χ3n) is 3.55. The van der Waals surface area contributed by atoms with E-state index >= 15 is 0 Å². The van der Waals surface area contributed by atoms with E-state index in [2.05, 4.69) is 59.2 Å². The molecule has 0 radical (unpaired) electrons. The second-order valence-electron chi connectivity index (χ2n) is 5.06. The molecule has 0 unspecified atom stereocenters. The van der Waals surface area contributed by atoms with Crippen LogP contribution in [-0.4, -0.2) is 12.5 Å². The summed E-state index contributed by atoms with van der Waals surface area (Å²) >= 11 is 1.76. The maximum atomic E-state index is 11.0. The molecule has 21 heavy (non-hydrogen) atoms. The third kappa shape index (κ3) is 3.14. The molecule has 3 heteroatoms. The fraction of sp³-hybridized carbons (Fsp3) is 0.167. The predicted molar refractivity (Wildman–Crippen MR) is 89.6 cm³/mol. The molecule has 3 rings (SSSR count). The van der Waals surface area contributed by atoms with Crippen molar-refractivity contribution >= 4 is 28.0 Å². The van der Waals surface area contributed by atoms with Crippen LogP contribution in [0.15, 0.2) is 53.9 Å². The molecule has 3 aromatic rings. The molecule has 106 valence electrons. The van der Waals surface area contributed by atoms with Crippen molar-refractivity contribution in [1.29, 1.82) is 0 Å². The minimum Gasteiger partial charge on any atom is -0.356 e. The van der Waals surface area contributed by atoms with Gasteiger partial charge in [0.05, 0.1) is 0 Å². The van der Waals surface area contributed by atoms with Crippen LogP contribution in [0.3, 0.4) is 0 Å². The molecule has 0 fully saturated rings. The van der Waals surface area contributed by atoms with Crippen LogP contribution in [0, 0.1) is 0 Å². The first-order chi connectivity index (χ1) is 10.2. The SMILES string of the molecule is CC(=O)NCCc1cccc2ccc(-c3cccs3)cc12. The number of hydrogen-bond acceptors (Lipinski definition) is 2. The Kier molecular flexibility index (Phi) is 4.02. The minimum absolute atomic E-state index is 0.0227. The van der Waals surface area contributed by atoms with Crippen LogP contribution in [0.1, 0.15) is 12.5 Å². The lowest BCUT2D eigenvalue weighted by atomic mass is 9.99. The predicted octanol–water partition coefficient (Wildman–Crippen LogP) is 4.25. The Labute approximate surface area is 128 Å². The molecule has 0 aliphatic rings. The lowest BCUT2D eigenvalue weighted by Crippen LogP contribution is -2.22. The van der Waals surface area contributed by atoms with Gasteiger partial charge in [-0.1, -0.05) is 36.4 Å². The molecule has 0 aliphatic carbocycles. The van der Waals surface area contributed by atoms with Gasteiger partial charge in [-0.2, -0.15) is 0 Å². The quantitative estimate of drug-likeness (QED) is 0.766. The summed E-state index contributed by atoms with van der Waals surface area (Å²) in [5.41, 5.74) is 2.53. The van der Waals surface area contributed by atoms with Gasteiger partial charge < -0.3 is 5.32 Å². The maximum absolute atomic E-state index is 11.0. The van der Waals surface area contributed by atoms with Crippen molar-refractivity contribution in [3.63, 3.8) is 0 Å². The number of fused-ring (bicyclic) bond motifs is 1. The Morgan fingerprint density at radius 3 is 2.81 bits per heavy atom. The lowest BCUT2D eigenvalue weighted by Gasteiger charge is -2.09. The highest BCUT2D eigenvalue weighted by atomic mass is 32.1. The molecular formula is C18H17NOS. The molecule has 2 nitrogen and oxygen atoms in total. The normalized spacial score (nSPS) is 10.7. The fourth-order valence-corrected chi connectivity index (χ4v) is 3.25. The molecule has 0 aliphatic heterocycles. The number of carbonyl (C=O) groups is 1. The van der Waals surface area contributed by atoms with Gasteiger partial charge in [-0.3, -0.25) is 4.79 Å². The van der Waals surface area contributed by atoms with E-state index in [1.165, 1.54) is 26.8 Å². The summed E-state index contributed by atoms with van der Waals surface area (Å²) < 4.78 is 0. The number of amides is 1. The molecule has 0 spiro atoms. The highest BCUT2D eigenvalue weighted by Crippen LogP contribution is 2.29. The first kappa shape index (κ1) is 13.8. The largest absolute Gasteiger partial charge is 0.356 e. The summed E-state index contributed by atoms with van der Waals surface area (Å²) in [4.78, 5) is 12.3. The number of benzene rings is 2. The highest BCUT2D eigenvalue weighted by Gasteiger charge is 2.05. The van der Waals surface area contributed by atoms with E-state index in [1.54, 1.807) is 18.3 Å². The molecular weight excluding hydrogens is 278 g/mol. The number of nitrogens with one attached hydrogen (secondary N) is 1. The Hall–Kier alpha value is -2.13. The Balaban J connectivity index is 1.96. The molecule has 1 N–H and O–H groups in total. The summed E-state index contributed by atoms with van der Waals surface area (Å²) in [5.74, 6) is 0.0227. The molecule has 1 heterocycles. The van der Waals surface area contributed by atoms with Crippen LogP contribution in [0.25, 0.3) is 21.2 Å². The van der Waals surface area contributed by atoms with Gasteiger partial charge in [-0.05, 0) is 45.8 Å². The Morgan fingerprint density at radius 1 is 1.14 bits per heavy atom. The van der Waals surface area contributed by atoms with E-state index in [4.69, 9.17) is 0 Å². The Bertz CT molecular complexity index is 762. The van der Waals surface area contributed by atoms with E-state index in [1.807, 2.05) is 0 Å². The summed E-state index contributed by atoms with van der Waals surface area (Å²) in [6.07, 6.45) is 0.852. The van der Waals surface area contributed by atoms with Crippen molar-refractivity contribution in [2.75, 3.05) is 6.54 Å². The van der Waals surface area contributed by atoms with E-state index in [9.17, 15) is 4.79 Å². The zero-order chi connectivity index (χ0) is 14.7. The van der Waals surface area contributed by atoms with Gasteiger partial charge in [0, 0.05) is 18.3 Å². The second kappa shape index (κ2) is 6.10. The summed E-state index contributed by atoms with van der Waals surface area (Å²) in [6, 6.07) is 17.2. The van der Waals surface area contributed by atoms with Crippen molar-refractivity contribution < 1.29 is 4.79 Å². The van der Waals surface area contributed by atoms with Gasteiger partial charge in [-0.15, -0.1) is 11.3 Å². The van der Waals surface area contributed by atoms with Crippen molar-refractivity contribution in [2.24, 2.45) is 0 Å². The van der Waals surface area contributed by atoms with Crippen LogP contribution in [0.4, 0.5) is 0 Å². The van der Waals surface area contributed by atoms with Crippen molar-refractivity contribution in [1.82, 2.24) is 5.32 Å². The minimum atomic E-state index is 0.0227. The smallest absolute Gasteiger partial charge is 0.216 e. The first-order valence-corrected chi connectivity index (χ1v) is 7.92. The van der Waals surface area contributed by atoms with Gasteiger partial charge in [0.2, 0.25) is 5.91 Å². The topological polar surface area (TPSA) is 29.1 Å².